The Bertz CT molecular complexity index is 459. The minimum atomic E-state index is -1.13. The van der Waals surface area contributed by atoms with Gasteiger partial charge in [-0.3, -0.25) is 14.4 Å². The van der Waals surface area contributed by atoms with E-state index in [4.69, 9.17) is 10.8 Å². The minimum Gasteiger partial charge on any atom is -0.480 e. The van der Waals surface area contributed by atoms with E-state index in [2.05, 4.69) is 5.32 Å². The van der Waals surface area contributed by atoms with Crippen molar-refractivity contribution in [2.24, 2.45) is 0 Å². The molecular formula is C11H12N2O4S. The van der Waals surface area contributed by atoms with Crippen LogP contribution >= 0.6 is 11.8 Å². The summed E-state index contributed by atoms with van der Waals surface area (Å²) in [4.78, 5) is 33.0. The Morgan fingerprint density at radius 1 is 1.22 bits per heavy atom. The number of nitrogens with two attached hydrogens (primary N) is 1. The van der Waals surface area contributed by atoms with E-state index < -0.39 is 18.4 Å². The number of carboxylic acid groups (broad SMARTS) is 1. The van der Waals surface area contributed by atoms with E-state index >= 15 is 0 Å². The molecule has 0 aliphatic rings. The van der Waals surface area contributed by atoms with E-state index in [0.29, 0.717) is 11.3 Å². The Hall–Kier alpha value is -2.02. The first-order chi connectivity index (χ1) is 8.49. The Balaban J connectivity index is 2.39. The molecule has 0 unspecified atom stereocenters. The molecule has 0 atom stereocenters. The largest absolute Gasteiger partial charge is 0.480 e. The highest BCUT2D eigenvalue weighted by molar-refractivity contribution is 8.14. The summed E-state index contributed by atoms with van der Waals surface area (Å²) in [6.07, 6.45) is 0. The first-order valence-corrected chi connectivity index (χ1v) is 5.99. The molecule has 0 aliphatic carbocycles. The standard InChI is InChI=1S/C11H12N2O4S/c12-8-3-1-7(2-4-8)11(17)18-6-9(14)13-5-10(15)16/h1-4H,5-6,12H2,(H,13,14)(H,15,16). The molecule has 0 aliphatic heterocycles. The molecule has 0 spiro atoms. The van der Waals surface area contributed by atoms with E-state index in [1.54, 1.807) is 24.3 Å². The van der Waals surface area contributed by atoms with Crippen LogP contribution in [0.25, 0.3) is 0 Å². The van der Waals surface area contributed by atoms with Crippen LogP contribution in [0.1, 0.15) is 10.4 Å². The van der Waals surface area contributed by atoms with Gasteiger partial charge in [0.25, 0.3) is 0 Å². The third-order valence-corrected chi connectivity index (χ3v) is 2.82. The number of benzene rings is 1. The van der Waals surface area contributed by atoms with Gasteiger partial charge in [0, 0.05) is 11.3 Å². The number of nitrogens with one attached hydrogen (secondary N) is 1. The van der Waals surface area contributed by atoms with Crippen molar-refractivity contribution in [3.63, 3.8) is 0 Å². The molecule has 0 aromatic heterocycles. The number of hydrogen-bond acceptors (Lipinski definition) is 5. The van der Waals surface area contributed by atoms with Crippen molar-refractivity contribution in [2.45, 2.75) is 0 Å². The lowest BCUT2D eigenvalue weighted by Gasteiger charge is -2.02. The number of carbonyl (C=O) groups excluding carboxylic acids is 2. The second kappa shape index (κ2) is 6.65. The summed E-state index contributed by atoms with van der Waals surface area (Å²) in [6.45, 7) is -0.449. The normalized spacial score (nSPS) is 9.78. The molecule has 6 nitrogen and oxygen atoms in total. The number of carbonyl (C=O) groups is 3. The summed E-state index contributed by atoms with van der Waals surface area (Å²) in [5, 5.41) is 10.2. The highest BCUT2D eigenvalue weighted by Crippen LogP contribution is 2.13. The second-order valence-electron chi connectivity index (χ2n) is 3.37. The van der Waals surface area contributed by atoms with Crippen molar-refractivity contribution < 1.29 is 19.5 Å². The first-order valence-electron chi connectivity index (χ1n) is 5.00. The van der Waals surface area contributed by atoms with E-state index in [1.165, 1.54) is 0 Å². The number of hydrogen-bond donors (Lipinski definition) is 3. The van der Waals surface area contributed by atoms with Crippen molar-refractivity contribution >= 4 is 34.4 Å². The minimum absolute atomic E-state index is 0.115. The average Bonchev–Trinajstić information content (AvgIpc) is 2.34. The number of rotatable bonds is 5. The maximum absolute atomic E-state index is 11.6. The number of amides is 1. The van der Waals surface area contributed by atoms with Crippen LogP contribution in [0.4, 0.5) is 5.69 Å². The van der Waals surface area contributed by atoms with Crippen molar-refractivity contribution in [3.8, 4) is 0 Å². The predicted molar refractivity (Wildman–Crippen MR) is 68.3 cm³/mol. The Morgan fingerprint density at radius 2 is 1.83 bits per heavy atom. The molecule has 0 saturated carbocycles. The SMILES string of the molecule is Nc1ccc(C(=O)SCC(=O)NCC(=O)O)cc1. The lowest BCUT2D eigenvalue weighted by Crippen LogP contribution is -2.30. The quantitative estimate of drug-likeness (QED) is 0.664. The fourth-order valence-electron chi connectivity index (χ4n) is 1.06. The van der Waals surface area contributed by atoms with Gasteiger partial charge in [-0.15, -0.1) is 0 Å². The number of thioether (sulfide) groups is 1. The number of carboxylic acids is 1. The zero-order valence-corrected chi connectivity index (χ0v) is 10.2. The maximum atomic E-state index is 11.6. The highest BCUT2D eigenvalue weighted by atomic mass is 32.2. The molecule has 4 N–H and O–H groups in total. The Morgan fingerprint density at radius 3 is 2.39 bits per heavy atom. The lowest BCUT2D eigenvalue weighted by molar-refractivity contribution is -0.137. The van der Waals surface area contributed by atoms with Crippen LogP contribution in [-0.2, 0) is 9.59 Å². The third kappa shape index (κ3) is 4.88. The molecule has 0 bridgehead atoms. The molecule has 0 fully saturated rings. The first kappa shape index (κ1) is 14.0. The lowest BCUT2D eigenvalue weighted by atomic mass is 10.2. The summed E-state index contributed by atoms with van der Waals surface area (Å²) < 4.78 is 0. The van der Waals surface area contributed by atoms with Crippen molar-refractivity contribution in [1.29, 1.82) is 0 Å². The van der Waals surface area contributed by atoms with Crippen LogP contribution in [0.3, 0.4) is 0 Å². The molecule has 96 valence electrons. The summed E-state index contributed by atoms with van der Waals surface area (Å²) in [5.74, 6) is -1.74. The van der Waals surface area contributed by atoms with Gasteiger partial charge in [-0.25, -0.2) is 0 Å². The number of anilines is 1. The Labute approximate surface area is 108 Å². The van der Waals surface area contributed by atoms with Gasteiger partial charge in [0.05, 0.1) is 5.75 Å². The fourth-order valence-corrected chi connectivity index (χ4v) is 1.73. The summed E-state index contributed by atoms with van der Waals surface area (Å²) >= 11 is 0.810. The summed E-state index contributed by atoms with van der Waals surface area (Å²) in [7, 11) is 0. The number of aliphatic carboxylic acids is 1. The highest BCUT2D eigenvalue weighted by Gasteiger charge is 2.10. The van der Waals surface area contributed by atoms with Crippen molar-refractivity contribution in [1.82, 2.24) is 5.32 Å². The molecule has 1 rings (SSSR count). The summed E-state index contributed by atoms with van der Waals surface area (Å²) in [6, 6.07) is 6.33. The van der Waals surface area contributed by atoms with Gasteiger partial charge in [0.15, 0.2) is 0 Å². The monoisotopic (exact) mass is 268 g/mol. The van der Waals surface area contributed by atoms with Crippen LogP contribution < -0.4 is 11.1 Å². The molecule has 18 heavy (non-hydrogen) atoms. The third-order valence-electron chi connectivity index (χ3n) is 1.92. The summed E-state index contributed by atoms with van der Waals surface area (Å²) in [5.41, 5.74) is 6.48. The van der Waals surface area contributed by atoms with Crippen LogP contribution in [0.15, 0.2) is 24.3 Å². The molecule has 0 heterocycles. The molecule has 1 aromatic rings. The molecule has 1 aromatic carbocycles. The van der Waals surface area contributed by atoms with Crippen LogP contribution in [0, 0.1) is 0 Å². The fraction of sp³-hybridized carbons (Fsp3) is 0.182. The van der Waals surface area contributed by atoms with Crippen LogP contribution in [0.2, 0.25) is 0 Å². The molecule has 0 radical (unpaired) electrons. The second-order valence-corrected chi connectivity index (χ2v) is 4.32. The van der Waals surface area contributed by atoms with Gasteiger partial charge in [-0.1, -0.05) is 11.8 Å². The molecule has 0 saturated heterocycles. The smallest absolute Gasteiger partial charge is 0.322 e. The van der Waals surface area contributed by atoms with Crippen molar-refractivity contribution in [2.75, 3.05) is 18.0 Å². The van der Waals surface area contributed by atoms with Gasteiger partial charge >= 0.3 is 5.97 Å². The van der Waals surface area contributed by atoms with Crippen molar-refractivity contribution in [3.05, 3.63) is 29.8 Å². The topological polar surface area (TPSA) is 109 Å². The van der Waals surface area contributed by atoms with Gasteiger partial charge in [0.1, 0.15) is 6.54 Å². The van der Waals surface area contributed by atoms with Gasteiger partial charge < -0.3 is 16.2 Å². The van der Waals surface area contributed by atoms with Gasteiger partial charge in [0.2, 0.25) is 11.0 Å². The van der Waals surface area contributed by atoms with Crippen LogP contribution in [0.5, 0.6) is 0 Å². The average molecular weight is 268 g/mol. The number of nitrogen functional groups attached to an aromatic ring is 1. The maximum Gasteiger partial charge on any atom is 0.322 e. The van der Waals surface area contributed by atoms with E-state index in [0.717, 1.165) is 11.8 Å². The van der Waals surface area contributed by atoms with E-state index in [-0.39, 0.29) is 10.9 Å². The van der Waals surface area contributed by atoms with Crippen LogP contribution in [-0.4, -0.2) is 34.4 Å². The predicted octanol–water partition coefficient (Wildman–Crippen LogP) is 0.343. The zero-order chi connectivity index (χ0) is 13.5. The Kier molecular flexibility index (Phi) is 5.19. The van der Waals surface area contributed by atoms with E-state index in [1.807, 2.05) is 0 Å². The zero-order valence-electron chi connectivity index (χ0n) is 9.38. The molecular weight excluding hydrogens is 256 g/mol. The molecule has 1 amide bonds. The van der Waals surface area contributed by atoms with Gasteiger partial charge in [-0.2, -0.15) is 0 Å². The van der Waals surface area contributed by atoms with Gasteiger partial charge in [-0.05, 0) is 24.3 Å². The van der Waals surface area contributed by atoms with E-state index in [9.17, 15) is 14.4 Å². The molecule has 7 heteroatoms.